The smallest absolute Gasteiger partial charge is 0.239 e. The minimum absolute atomic E-state index is 0. The first-order valence-electron chi connectivity index (χ1n) is 10.7. The number of aromatic nitrogens is 1. The second kappa shape index (κ2) is 12.7. The Morgan fingerprint density at radius 2 is 1.76 bits per heavy atom. The third-order valence-corrected chi connectivity index (χ3v) is 8.43. The number of methoxy groups -OCH3 is 1. The second-order valence-corrected chi connectivity index (χ2v) is 11.4. The number of amides is 1. The standard InChI is InChI=1S/C23H29N3O4S3.ClH/c1-5-25(6-2)14-15-26(21(27)16-31-18-12-10-17(30-3)11-13-18)23-24-22-19(32-23)8-7-9-20(22)33(4,28)29;/h7-13H,5-6,14-16H2,1-4H3;1H. The summed E-state index contributed by atoms with van der Waals surface area (Å²) < 4.78 is 30.4. The maximum absolute atomic E-state index is 13.3. The highest BCUT2D eigenvalue weighted by Gasteiger charge is 2.23. The van der Waals surface area contributed by atoms with Crippen molar-refractivity contribution in [1.82, 2.24) is 9.88 Å². The van der Waals surface area contributed by atoms with Crippen molar-refractivity contribution in [3.63, 3.8) is 0 Å². The van der Waals surface area contributed by atoms with Crippen LogP contribution in [0.2, 0.25) is 0 Å². The summed E-state index contributed by atoms with van der Waals surface area (Å²) in [6, 6.07) is 12.7. The van der Waals surface area contributed by atoms with Crippen molar-refractivity contribution in [1.29, 1.82) is 0 Å². The third-order valence-electron chi connectivity index (χ3n) is 5.26. The summed E-state index contributed by atoms with van der Waals surface area (Å²) in [7, 11) is -1.81. The van der Waals surface area contributed by atoms with E-state index in [0.29, 0.717) is 23.7 Å². The van der Waals surface area contributed by atoms with Crippen molar-refractivity contribution in [2.45, 2.75) is 23.6 Å². The molecule has 0 N–H and O–H groups in total. The van der Waals surface area contributed by atoms with Gasteiger partial charge in [0.2, 0.25) is 5.91 Å². The van der Waals surface area contributed by atoms with Crippen molar-refractivity contribution < 1.29 is 17.9 Å². The molecule has 0 unspecified atom stereocenters. The van der Waals surface area contributed by atoms with E-state index >= 15 is 0 Å². The molecule has 0 saturated heterocycles. The Kier molecular flexibility index (Phi) is 10.6. The molecule has 0 atom stereocenters. The molecule has 34 heavy (non-hydrogen) atoms. The monoisotopic (exact) mass is 543 g/mol. The van der Waals surface area contributed by atoms with Crippen LogP contribution in [0.3, 0.4) is 0 Å². The summed E-state index contributed by atoms with van der Waals surface area (Å²) in [5.41, 5.74) is 0.420. The van der Waals surface area contributed by atoms with Gasteiger partial charge in [0.25, 0.3) is 0 Å². The second-order valence-electron chi connectivity index (χ2n) is 7.41. The lowest BCUT2D eigenvalue weighted by atomic mass is 10.3. The molecule has 0 aliphatic rings. The van der Waals surface area contributed by atoms with Gasteiger partial charge in [-0.3, -0.25) is 9.69 Å². The van der Waals surface area contributed by atoms with Gasteiger partial charge in [0.1, 0.15) is 11.3 Å². The molecule has 0 spiro atoms. The number of nitrogens with zero attached hydrogens (tertiary/aromatic N) is 3. The van der Waals surface area contributed by atoms with E-state index in [2.05, 4.69) is 23.7 Å². The molecule has 1 amide bonds. The Bertz CT molecular complexity index is 1200. The first-order chi connectivity index (χ1) is 15.8. The number of halogens is 1. The number of benzene rings is 2. The summed E-state index contributed by atoms with van der Waals surface area (Å²) in [4.78, 5) is 23.0. The minimum Gasteiger partial charge on any atom is -0.497 e. The van der Waals surface area contributed by atoms with Crippen LogP contribution >= 0.6 is 35.5 Å². The highest BCUT2D eigenvalue weighted by molar-refractivity contribution is 8.00. The number of thiazole rings is 1. The van der Waals surface area contributed by atoms with Crippen LogP contribution in [0.25, 0.3) is 10.2 Å². The fourth-order valence-electron chi connectivity index (χ4n) is 3.33. The number of carbonyl (C=O) groups excluding carboxylic acids is 1. The fraction of sp³-hybridized carbons (Fsp3) is 0.391. The van der Waals surface area contributed by atoms with E-state index in [-0.39, 0.29) is 29.0 Å². The van der Waals surface area contributed by atoms with Gasteiger partial charge in [-0.25, -0.2) is 13.4 Å². The lowest BCUT2D eigenvalue weighted by Crippen LogP contribution is -2.39. The molecule has 2 aromatic carbocycles. The Hall–Kier alpha value is -1.85. The lowest BCUT2D eigenvalue weighted by molar-refractivity contribution is -0.116. The van der Waals surface area contributed by atoms with Crippen LogP contribution in [0, 0.1) is 0 Å². The first-order valence-corrected chi connectivity index (χ1v) is 14.3. The molecular weight excluding hydrogens is 514 g/mol. The molecular formula is C23H30ClN3O4S3. The SMILES string of the molecule is CCN(CC)CCN(C(=O)CSc1ccc(OC)cc1)c1nc2c(S(C)(=O)=O)cccc2s1.Cl. The van der Waals surface area contributed by atoms with Gasteiger partial charge < -0.3 is 9.64 Å². The van der Waals surface area contributed by atoms with Crippen molar-refractivity contribution in [2.75, 3.05) is 50.2 Å². The quantitative estimate of drug-likeness (QED) is 0.327. The molecule has 186 valence electrons. The highest BCUT2D eigenvalue weighted by atomic mass is 35.5. The van der Waals surface area contributed by atoms with E-state index in [1.54, 1.807) is 24.1 Å². The van der Waals surface area contributed by atoms with Gasteiger partial charge >= 0.3 is 0 Å². The number of hydrogen-bond acceptors (Lipinski definition) is 8. The van der Waals surface area contributed by atoms with Crippen LogP contribution in [0.15, 0.2) is 52.3 Å². The van der Waals surface area contributed by atoms with E-state index in [1.165, 1.54) is 29.4 Å². The van der Waals surface area contributed by atoms with Gasteiger partial charge in [-0.1, -0.05) is 31.3 Å². The molecule has 0 fully saturated rings. The largest absolute Gasteiger partial charge is 0.497 e. The van der Waals surface area contributed by atoms with Crippen LogP contribution in [0.5, 0.6) is 5.75 Å². The summed E-state index contributed by atoms with van der Waals surface area (Å²) in [5, 5.41) is 0.522. The highest BCUT2D eigenvalue weighted by Crippen LogP contribution is 2.33. The van der Waals surface area contributed by atoms with Crippen molar-refractivity contribution in [3.05, 3.63) is 42.5 Å². The predicted molar refractivity (Wildman–Crippen MR) is 144 cm³/mol. The maximum atomic E-state index is 13.3. The third kappa shape index (κ3) is 7.08. The molecule has 0 saturated carbocycles. The van der Waals surface area contributed by atoms with Crippen molar-refractivity contribution >= 4 is 66.6 Å². The summed E-state index contributed by atoms with van der Waals surface area (Å²) in [6.45, 7) is 7.14. The van der Waals surface area contributed by atoms with E-state index < -0.39 is 9.84 Å². The van der Waals surface area contributed by atoms with Crippen LogP contribution in [-0.2, 0) is 14.6 Å². The summed E-state index contributed by atoms with van der Waals surface area (Å²) in [5.74, 6) is 0.949. The van der Waals surface area contributed by atoms with E-state index in [1.807, 2.05) is 30.3 Å². The number of likely N-dealkylation sites (N-methyl/N-ethyl adjacent to an activating group) is 1. The summed E-state index contributed by atoms with van der Waals surface area (Å²) in [6.07, 6.45) is 1.18. The molecule has 3 rings (SSSR count). The van der Waals surface area contributed by atoms with Gasteiger partial charge in [0.05, 0.1) is 22.5 Å². The minimum atomic E-state index is -3.43. The van der Waals surface area contributed by atoms with Crippen molar-refractivity contribution in [3.8, 4) is 5.75 Å². The maximum Gasteiger partial charge on any atom is 0.239 e. The number of thioether (sulfide) groups is 1. The normalized spacial score (nSPS) is 11.4. The Morgan fingerprint density at radius 1 is 1.09 bits per heavy atom. The number of ether oxygens (including phenoxy) is 1. The first kappa shape index (κ1) is 28.4. The molecule has 0 radical (unpaired) electrons. The fourth-order valence-corrected chi connectivity index (χ4v) is 6.04. The number of para-hydroxylation sites is 1. The Labute approximate surface area is 215 Å². The van der Waals surface area contributed by atoms with Crippen LogP contribution in [-0.4, -0.2) is 69.5 Å². The van der Waals surface area contributed by atoms with Crippen LogP contribution in [0.4, 0.5) is 5.13 Å². The van der Waals surface area contributed by atoms with Gasteiger partial charge in [-0.05, 0) is 49.5 Å². The van der Waals surface area contributed by atoms with E-state index in [9.17, 15) is 13.2 Å². The Morgan fingerprint density at radius 3 is 2.35 bits per heavy atom. The van der Waals surface area contributed by atoms with Gasteiger partial charge in [-0.2, -0.15) is 0 Å². The van der Waals surface area contributed by atoms with Gasteiger partial charge in [-0.15, -0.1) is 24.2 Å². The number of anilines is 1. The zero-order chi connectivity index (χ0) is 24.0. The number of carbonyl (C=O) groups is 1. The number of sulfone groups is 1. The van der Waals surface area contributed by atoms with Crippen molar-refractivity contribution in [2.24, 2.45) is 0 Å². The zero-order valence-corrected chi connectivity index (χ0v) is 23.0. The van der Waals surface area contributed by atoms with Gasteiger partial charge in [0.15, 0.2) is 15.0 Å². The molecule has 0 aliphatic heterocycles. The van der Waals surface area contributed by atoms with Gasteiger partial charge in [0, 0.05) is 24.2 Å². The topological polar surface area (TPSA) is 79.8 Å². The van der Waals surface area contributed by atoms with Crippen LogP contribution in [0.1, 0.15) is 13.8 Å². The molecule has 7 nitrogen and oxygen atoms in total. The zero-order valence-electron chi connectivity index (χ0n) is 19.7. The predicted octanol–water partition coefficient (Wildman–Crippen LogP) is 4.60. The molecule has 1 aromatic heterocycles. The number of hydrogen-bond donors (Lipinski definition) is 0. The molecule has 0 bridgehead atoms. The average molecular weight is 544 g/mol. The Balaban J connectivity index is 0.00000408. The molecule has 3 aromatic rings. The molecule has 1 heterocycles. The van der Waals surface area contributed by atoms with Crippen LogP contribution < -0.4 is 9.64 Å². The summed E-state index contributed by atoms with van der Waals surface area (Å²) >= 11 is 2.79. The number of fused-ring (bicyclic) bond motifs is 1. The average Bonchev–Trinajstić information content (AvgIpc) is 3.23. The lowest BCUT2D eigenvalue weighted by Gasteiger charge is -2.24. The van der Waals surface area contributed by atoms with E-state index in [0.717, 1.165) is 28.4 Å². The molecule has 0 aliphatic carbocycles. The molecule has 11 heteroatoms. The van der Waals surface area contributed by atoms with E-state index in [4.69, 9.17) is 4.74 Å². The number of rotatable bonds is 11.